The van der Waals surface area contributed by atoms with E-state index in [0.29, 0.717) is 0 Å². The van der Waals surface area contributed by atoms with E-state index in [-0.39, 0.29) is 0 Å². The molecule has 7 nitrogen and oxygen atoms in total. The second-order valence-corrected chi connectivity index (χ2v) is 7.26. The number of benzene rings is 2. The number of ether oxygens (including phenoxy) is 1. The summed E-state index contributed by atoms with van der Waals surface area (Å²) in [5.41, 5.74) is 5.84. The molecule has 150 valence electrons. The molecule has 0 amide bonds. The molecule has 0 spiro atoms. The maximum Gasteiger partial charge on any atom is 0.159 e. The van der Waals surface area contributed by atoms with E-state index >= 15 is 0 Å². The van der Waals surface area contributed by atoms with Gasteiger partial charge in [-0.3, -0.25) is 10.1 Å². The maximum absolute atomic E-state index is 5.29. The summed E-state index contributed by atoms with van der Waals surface area (Å²) in [5, 5.41) is 8.53. The predicted molar refractivity (Wildman–Crippen MR) is 119 cm³/mol. The van der Waals surface area contributed by atoms with Crippen LogP contribution in [0, 0.1) is 0 Å². The van der Waals surface area contributed by atoms with Gasteiger partial charge in [0.2, 0.25) is 0 Å². The van der Waals surface area contributed by atoms with Gasteiger partial charge < -0.3 is 14.6 Å². The van der Waals surface area contributed by atoms with Crippen LogP contribution in [0.5, 0.6) is 5.75 Å². The Balaban J connectivity index is 1.41. The number of fused-ring (bicyclic) bond motifs is 2. The van der Waals surface area contributed by atoms with Gasteiger partial charge in [-0.15, -0.1) is 0 Å². The third-order valence-electron chi connectivity index (χ3n) is 5.33. The van der Waals surface area contributed by atoms with Gasteiger partial charge in [0.15, 0.2) is 5.82 Å². The Morgan fingerprint density at radius 2 is 1.97 bits per heavy atom. The third-order valence-corrected chi connectivity index (χ3v) is 5.33. The first-order valence-corrected chi connectivity index (χ1v) is 9.84. The average Bonchev–Trinajstić information content (AvgIpc) is 3.40. The van der Waals surface area contributed by atoms with Crippen LogP contribution in [0.3, 0.4) is 0 Å². The number of rotatable bonds is 6. The van der Waals surface area contributed by atoms with Crippen LogP contribution in [0.25, 0.3) is 33.5 Å². The summed E-state index contributed by atoms with van der Waals surface area (Å²) in [6.45, 7) is 0.884. The largest absolute Gasteiger partial charge is 0.497 e. The molecule has 3 aromatic heterocycles. The Hall–Kier alpha value is -3.87. The van der Waals surface area contributed by atoms with Gasteiger partial charge in [-0.25, -0.2) is 4.98 Å². The molecule has 0 bridgehead atoms. The van der Waals surface area contributed by atoms with Crippen LogP contribution in [0.2, 0.25) is 0 Å². The minimum absolute atomic E-state index is 0.745. The topological polar surface area (TPSA) is 82.7 Å². The zero-order valence-corrected chi connectivity index (χ0v) is 16.9. The van der Waals surface area contributed by atoms with Gasteiger partial charge in [-0.05, 0) is 42.5 Å². The van der Waals surface area contributed by atoms with Gasteiger partial charge in [-0.2, -0.15) is 5.10 Å². The third kappa shape index (κ3) is 3.34. The van der Waals surface area contributed by atoms with E-state index in [0.717, 1.165) is 63.6 Å². The Morgan fingerprint density at radius 3 is 2.80 bits per heavy atom. The van der Waals surface area contributed by atoms with Crippen molar-refractivity contribution in [1.29, 1.82) is 0 Å². The molecule has 0 atom stereocenters. The molecule has 2 N–H and O–H groups in total. The first-order valence-electron chi connectivity index (χ1n) is 9.84. The monoisotopic (exact) mass is 398 g/mol. The van der Waals surface area contributed by atoms with Crippen molar-refractivity contribution in [3.05, 3.63) is 66.5 Å². The predicted octanol–water partition coefficient (Wildman–Crippen LogP) is 4.19. The zero-order chi connectivity index (χ0) is 20.5. The Bertz CT molecular complexity index is 1310. The van der Waals surface area contributed by atoms with Gasteiger partial charge >= 0.3 is 0 Å². The lowest BCUT2D eigenvalue weighted by atomic mass is 10.2. The average molecular weight is 398 g/mol. The van der Waals surface area contributed by atoms with Crippen molar-refractivity contribution in [3.63, 3.8) is 0 Å². The van der Waals surface area contributed by atoms with Crippen LogP contribution in [0.1, 0.15) is 5.69 Å². The number of likely N-dealkylation sites (N-methyl/N-ethyl adjacent to an activating group) is 1. The van der Waals surface area contributed by atoms with E-state index in [4.69, 9.17) is 9.72 Å². The molecule has 0 radical (unpaired) electrons. The van der Waals surface area contributed by atoms with E-state index in [1.807, 2.05) is 42.6 Å². The molecular formula is C23H22N6O. The van der Waals surface area contributed by atoms with E-state index in [9.17, 15) is 0 Å². The molecule has 2 aromatic carbocycles. The van der Waals surface area contributed by atoms with Gasteiger partial charge in [0, 0.05) is 49.0 Å². The molecule has 0 aliphatic rings. The Labute approximate surface area is 173 Å². The fourth-order valence-corrected chi connectivity index (χ4v) is 3.61. The maximum atomic E-state index is 5.29. The molecule has 0 saturated carbocycles. The fourth-order valence-electron chi connectivity index (χ4n) is 3.61. The number of methoxy groups -OCH3 is 1. The number of hydrogen-bond donors (Lipinski definition) is 2. The first-order chi connectivity index (χ1) is 14.7. The number of nitrogens with zero attached hydrogens (tertiary/aromatic N) is 4. The van der Waals surface area contributed by atoms with Crippen molar-refractivity contribution in [1.82, 2.24) is 25.1 Å². The van der Waals surface area contributed by atoms with Gasteiger partial charge in [0.25, 0.3) is 0 Å². The van der Waals surface area contributed by atoms with Crippen molar-refractivity contribution in [2.75, 3.05) is 25.6 Å². The lowest BCUT2D eigenvalue weighted by Gasteiger charge is -2.19. The second kappa shape index (κ2) is 7.51. The van der Waals surface area contributed by atoms with Crippen LogP contribution >= 0.6 is 0 Å². The number of nitrogens with one attached hydrogen (secondary N) is 2. The SMILES string of the molecule is COc1ccc2c(-c3nc4ccc(N(C)CCc5ccccn5)cc4[nH]3)n[nH]c2c1. The summed E-state index contributed by atoms with van der Waals surface area (Å²) < 4.78 is 5.29. The molecular weight excluding hydrogens is 376 g/mol. The number of aromatic amines is 2. The molecule has 0 saturated heterocycles. The van der Waals surface area contributed by atoms with Crippen LogP contribution < -0.4 is 9.64 Å². The summed E-state index contributed by atoms with van der Waals surface area (Å²) in [6.07, 6.45) is 2.73. The Morgan fingerprint density at radius 1 is 1.03 bits per heavy atom. The number of pyridine rings is 1. The number of hydrogen-bond acceptors (Lipinski definition) is 5. The number of imidazole rings is 1. The molecule has 30 heavy (non-hydrogen) atoms. The minimum atomic E-state index is 0.745. The molecule has 7 heteroatoms. The van der Waals surface area contributed by atoms with E-state index in [2.05, 4.69) is 50.3 Å². The highest BCUT2D eigenvalue weighted by atomic mass is 16.5. The van der Waals surface area contributed by atoms with E-state index in [1.165, 1.54) is 0 Å². The summed E-state index contributed by atoms with van der Waals surface area (Å²) in [7, 11) is 3.75. The summed E-state index contributed by atoms with van der Waals surface area (Å²) in [5.74, 6) is 1.54. The number of H-pyrrole nitrogens is 2. The van der Waals surface area contributed by atoms with Gasteiger partial charge in [-0.1, -0.05) is 6.07 Å². The quantitative estimate of drug-likeness (QED) is 0.448. The van der Waals surface area contributed by atoms with Crippen LogP contribution in [-0.2, 0) is 6.42 Å². The van der Waals surface area contributed by atoms with Gasteiger partial charge in [0.1, 0.15) is 11.4 Å². The van der Waals surface area contributed by atoms with E-state index < -0.39 is 0 Å². The first kappa shape index (κ1) is 18.2. The molecule has 3 heterocycles. The van der Waals surface area contributed by atoms with Crippen molar-refractivity contribution < 1.29 is 4.74 Å². The highest BCUT2D eigenvalue weighted by Gasteiger charge is 2.14. The molecule has 0 aliphatic heterocycles. The second-order valence-electron chi connectivity index (χ2n) is 7.26. The summed E-state index contributed by atoms with van der Waals surface area (Å²) in [6, 6.07) is 18.1. The van der Waals surface area contributed by atoms with Crippen molar-refractivity contribution in [2.24, 2.45) is 0 Å². The fraction of sp³-hybridized carbons (Fsp3) is 0.174. The van der Waals surface area contributed by atoms with Gasteiger partial charge in [0.05, 0.1) is 23.7 Å². The van der Waals surface area contributed by atoms with Crippen molar-refractivity contribution in [2.45, 2.75) is 6.42 Å². The van der Waals surface area contributed by atoms with Crippen molar-refractivity contribution in [3.8, 4) is 17.3 Å². The minimum Gasteiger partial charge on any atom is -0.497 e. The molecule has 0 aliphatic carbocycles. The lowest BCUT2D eigenvalue weighted by Crippen LogP contribution is -2.20. The summed E-state index contributed by atoms with van der Waals surface area (Å²) >= 11 is 0. The smallest absolute Gasteiger partial charge is 0.159 e. The van der Waals surface area contributed by atoms with E-state index in [1.54, 1.807) is 7.11 Å². The van der Waals surface area contributed by atoms with Crippen LogP contribution in [-0.4, -0.2) is 45.9 Å². The standard InChI is InChI=1S/C23H22N6O/c1-29(12-10-15-5-3-4-11-24-15)16-6-9-19-21(13-16)26-23(25-19)22-18-8-7-17(30-2)14-20(18)27-28-22/h3-9,11,13-14H,10,12H2,1-2H3,(H,25,26)(H,27,28). The Kier molecular flexibility index (Phi) is 4.55. The number of aromatic nitrogens is 5. The zero-order valence-electron chi connectivity index (χ0n) is 16.9. The summed E-state index contributed by atoms with van der Waals surface area (Å²) in [4.78, 5) is 14.8. The normalized spacial score (nSPS) is 11.3. The molecule has 0 unspecified atom stereocenters. The van der Waals surface area contributed by atoms with Crippen molar-refractivity contribution >= 4 is 27.6 Å². The van der Waals surface area contributed by atoms with Crippen LogP contribution in [0.15, 0.2) is 60.8 Å². The molecule has 0 fully saturated rings. The number of anilines is 1. The highest BCUT2D eigenvalue weighted by molar-refractivity contribution is 5.94. The molecule has 5 aromatic rings. The highest BCUT2D eigenvalue weighted by Crippen LogP contribution is 2.29. The molecule has 5 rings (SSSR count). The van der Waals surface area contributed by atoms with Crippen LogP contribution in [0.4, 0.5) is 5.69 Å². The lowest BCUT2D eigenvalue weighted by molar-refractivity contribution is 0.415.